The predicted octanol–water partition coefficient (Wildman–Crippen LogP) is 0.539. The first kappa shape index (κ1) is 13.5. The summed E-state index contributed by atoms with van der Waals surface area (Å²) in [5.74, 6) is 0.154. The van der Waals surface area contributed by atoms with Crippen LogP contribution in [0.1, 0.15) is 26.2 Å². The largest absolute Gasteiger partial charge is 0.347 e. The third kappa shape index (κ3) is 4.49. The number of rotatable bonds is 6. The van der Waals surface area contributed by atoms with Crippen LogP contribution in [0.5, 0.6) is 0 Å². The molecule has 0 spiro atoms. The number of nitrogens with zero attached hydrogens (tertiary/aromatic N) is 2. The minimum atomic E-state index is -0.0615. The zero-order chi connectivity index (χ0) is 12.0. The molecule has 1 saturated heterocycles. The molecule has 0 bridgehead atoms. The van der Waals surface area contributed by atoms with Gasteiger partial charge in [0, 0.05) is 14.1 Å². The first-order valence-electron chi connectivity index (χ1n) is 6.28. The second kappa shape index (κ2) is 6.86. The van der Waals surface area contributed by atoms with Crippen LogP contribution >= 0.6 is 0 Å². The van der Waals surface area contributed by atoms with E-state index in [1.165, 1.54) is 25.9 Å². The van der Waals surface area contributed by atoms with E-state index in [1.54, 1.807) is 19.0 Å². The van der Waals surface area contributed by atoms with E-state index < -0.39 is 0 Å². The Bertz CT molecular complexity index is 212. The van der Waals surface area contributed by atoms with Crippen molar-refractivity contribution in [3.63, 3.8) is 0 Å². The number of nitrogens with one attached hydrogen (secondary N) is 1. The number of carbonyl (C=O) groups is 1. The highest BCUT2D eigenvalue weighted by molar-refractivity contribution is 5.80. The summed E-state index contributed by atoms with van der Waals surface area (Å²) in [5, 5.41) is 3.27. The van der Waals surface area contributed by atoms with Crippen molar-refractivity contribution in [2.75, 3.05) is 40.3 Å². The van der Waals surface area contributed by atoms with Gasteiger partial charge in [-0.1, -0.05) is 0 Å². The molecule has 1 unspecified atom stereocenters. The van der Waals surface area contributed by atoms with Gasteiger partial charge in [-0.3, -0.25) is 4.79 Å². The van der Waals surface area contributed by atoms with E-state index in [4.69, 9.17) is 0 Å². The fourth-order valence-corrected chi connectivity index (χ4v) is 2.10. The van der Waals surface area contributed by atoms with Gasteiger partial charge >= 0.3 is 0 Å². The van der Waals surface area contributed by atoms with Crippen molar-refractivity contribution in [2.45, 2.75) is 32.2 Å². The molecule has 0 aromatic rings. The van der Waals surface area contributed by atoms with Crippen molar-refractivity contribution >= 4 is 5.91 Å². The average molecular weight is 227 g/mol. The van der Waals surface area contributed by atoms with Crippen LogP contribution in [0, 0.1) is 0 Å². The molecule has 4 heteroatoms. The number of carbonyl (C=O) groups excluding carboxylic acids is 1. The lowest BCUT2D eigenvalue weighted by atomic mass is 10.3. The first-order valence-corrected chi connectivity index (χ1v) is 6.28. The Morgan fingerprint density at radius 2 is 2.00 bits per heavy atom. The lowest BCUT2D eigenvalue weighted by Crippen LogP contribution is -2.42. The molecule has 1 fully saturated rings. The Morgan fingerprint density at radius 1 is 1.38 bits per heavy atom. The Labute approximate surface area is 99.0 Å². The molecule has 1 N–H and O–H groups in total. The molecule has 1 atom stereocenters. The quantitative estimate of drug-likeness (QED) is 0.673. The lowest BCUT2D eigenvalue weighted by Gasteiger charge is -2.19. The third-order valence-corrected chi connectivity index (χ3v) is 3.11. The van der Waals surface area contributed by atoms with Crippen LogP contribution in [-0.2, 0) is 4.79 Å². The van der Waals surface area contributed by atoms with Crippen molar-refractivity contribution in [1.82, 2.24) is 15.1 Å². The minimum absolute atomic E-state index is 0.0615. The number of likely N-dealkylation sites (N-methyl/N-ethyl adjacent to an activating group) is 1. The zero-order valence-electron chi connectivity index (χ0n) is 10.8. The van der Waals surface area contributed by atoms with Gasteiger partial charge in [-0.05, 0) is 52.4 Å². The Hall–Kier alpha value is -0.610. The van der Waals surface area contributed by atoms with Gasteiger partial charge < -0.3 is 15.1 Å². The molecule has 1 aliphatic rings. The van der Waals surface area contributed by atoms with Crippen LogP contribution < -0.4 is 5.32 Å². The molecule has 0 aromatic carbocycles. The van der Waals surface area contributed by atoms with Gasteiger partial charge in [0.25, 0.3) is 0 Å². The Kier molecular flexibility index (Phi) is 5.77. The maximum absolute atomic E-state index is 11.5. The van der Waals surface area contributed by atoms with Gasteiger partial charge in [0.05, 0.1) is 6.04 Å². The summed E-state index contributed by atoms with van der Waals surface area (Å²) in [6.45, 7) is 6.53. The van der Waals surface area contributed by atoms with Gasteiger partial charge in [0.1, 0.15) is 0 Å². The van der Waals surface area contributed by atoms with Gasteiger partial charge in [0.15, 0.2) is 0 Å². The van der Waals surface area contributed by atoms with E-state index in [-0.39, 0.29) is 11.9 Å². The van der Waals surface area contributed by atoms with Crippen molar-refractivity contribution < 1.29 is 4.79 Å². The normalized spacial score (nSPS) is 18.7. The maximum atomic E-state index is 11.5. The van der Waals surface area contributed by atoms with E-state index in [0.717, 1.165) is 19.5 Å². The minimum Gasteiger partial charge on any atom is -0.347 e. The van der Waals surface area contributed by atoms with E-state index in [2.05, 4.69) is 10.2 Å². The number of hydrogen-bond donors (Lipinski definition) is 1. The Morgan fingerprint density at radius 3 is 2.56 bits per heavy atom. The summed E-state index contributed by atoms with van der Waals surface area (Å²) >= 11 is 0. The van der Waals surface area contributed by atoms with Gasteiger partial charge in [-0.2, -0.15) is 0 Å². The smallest absolute Gasteiger partial charge is 0.238 e. The molecule has 0 radical (unpaired) electrons. The summed E-state index contributed by atoms with van der Waals surface area (Å²) in [7, 11) is 3.59. The Balaban J connectivity index is 2.03. The van der Waals surface area contributed by atoms with Crippen LogP contribution in [0.4, 0.5) is 0 Å². The number of hydrogen-bond acceptors (Lipinski definition) is 3. The van der Waals surface area contributed by atoms with Crippen molar-refractivity contribution in [3.05, 3.63) is 0 Å². The molecular weight excluding hydrogens is 202 g/mol. The van der Waals surface area contributed by atoms with Gasteiger partial charge in [0.2, 0.25) is 5.91 Å². The molecule has 0 saturated carbocycles. The van der Waals surface area contributed by atoms with Crippen molar-refractivity contribution in [2.24, 2.45) is 0 Å². The lowest BCUT2D eigenvalue weighted by molar-refractivity contribution is -0.130. The summed E-state index contributed by atoms with van der Waals surface area (Å²) in [4.78, 5) is 15.7. The van der Waals surface area contributed by atoms with E-state index in [9.17, 15) is 4.79 Å². The highest BCUT2D eigenvalue weighted by Gasteiger charge is 2.14. The van der Waals surface area contributed by atoms with Crippen LogP contribution in [0.15, 0.2) is 0 Å². The second-order valence-corrected chi connectivity index (χ2v) is 4.81. The van der Waals surface area contributed by atoms with Gasteiger partial charge in [-0.15, -0.1) is 0 Å². The SMILES string of the molecule is CC(NCCCN1CCCC1)C(=O)N(C)C. The summed E-state index contributed by atoms with van der Waals surface area (Å²) in [6.07, 6.45) is 3.83. The highest BCUT2D eigenvalue weighted by atomic mass is 16.2. The van der Waals surface area contributed by atoms with Gasteiger partial charge in [-0.25, -0.2) is 0 Å². The molecule has 0 aromatic heterocycles. The predicted molar refractivity (Wildman–Crippen MR) is 66.4 cm³/mol. The zero-order valence-corrected chi connectivity index (χ0v) is 10.8. The topological polar surface area (TPSA) is 35.6 Å². The van der Waals surface area contributed by atoms with Crippen molar-refractivity contribution in [1.29, 1.82) is 0 Å². The molecule has 0 aliphatic carbocycles. The molecule has 1 rings (SSSR count). The van der Waals surface area contributed by atoms with Crippen LogP contribution in [0.3, 0.4) is 0 Å². The average Bonchev–Trinajstić information content (AvgIpc) is 2.75. The summed E-state index contributed by atoms with van der Waals surface area (Å²) in [6, 6.07) is -0.0615. The standard InChI is InChI=1S/C12H25N3O/c1-11(12(16)14(2)3)13-7-6-10-15-8-4-5-9-15/h11,13H,4-10H2,1-3H3. The molecule has 1 heterocycles. The fraction of sp³-hybridized carbons (Fsp3) is 0.917. The number of likely N-dealkylation sites (tertiary alicyclic amines) is 1. The van der Waals surface area contributed by atoms with Crippen LogP contribution in [0.2, 0.25) is 0 Å². The van der Waals surface area contributed by atoms with Crippen molar-refractivity contribution in [3.8, 4) is 0 Å². The highest BCUT2D eigenvalue weighted by Crippen LogP contribution is 2.06. The molecule has 16 heavy (non-hydrogen) atoms. The molecule has 4 nitrogen and oxygen atoms in total. The molecule has 1 amide bonds. The molecular formula is C12H25N3O. The second-order valence-electron chi connectivity index (χ2n) is 4.81. The molecule has 94 valence electrons. The maximum Gasteiger partial charge on any atom is 0.238 e. The summed E-state index contributed by atoms with van der Waals surface area (Å²) in [5.41, 5.74) is 0. The van der Waals surface area contributed by atoms with E-state index in [1.807, 2.05) is 6.92 Å². The van der Waals surface area contributed by atoms with Crippen LogP contribution in [0.25, 0.3) is 0 Å². The third-order valence-electron chi connectivity index (χ3n) is 3.11. The number of amides is 1. The summed E-state index contributed by atoms with van der Waals surface area (Å²) < 4.78 is 0. The van der Waals surface area contributed by atoms with E-state index >= 15 is 0 Å². The monoisotopic (exact) mass is 227 g/mol. The van der Waals surface area contributed by atoms with E-state index in [0.29, 0.717) is 0 Å². The van der Waals surface area contributed by atoms with Crippen LogP contribution in [-0.4, -0.2) is 62.0 Å². The first-order chi connectivity index (χ1) is 7.61. The molecule has 1 aliphatic heterocycles. The fourth-order valence-electron chi connectivity index (χ4n) is 2.10.